The van der Waals surface area contributed by atoms with Gasteiger partial charge in [-0.15, -0.1) is 0 Å². The van der Waals surface area contributed by atoms with Gasteiger partial charge < -0.3 is 4.74 Å². The topological polar surface area (TPSA) is 72.5 Å². The Morgan fingerprint density at radius 2 is 1.67 bits per heavy atom. The number of sulfonamides is 1. The van der Waals surface area contributed by atoms with E-state index >= 15 is 0 Å². The number of carbonyl (C=O) groups is 1. The van der Waals surface area contributed by atoms with Gasteiger partial charge in [-0.05, 0) is 42.5 Å². The van der Waals surface area contributed by atoms with E-state index in [4.69, 9.17) is 4.74 Å². The van der Waals surface area contributed by atoms with Crippen molar-refractivity contribution >= 4 is 31.9 Å². The molecule has 0 aliphatic heterocycles. The highest BCUT2D eigenvalue weighted by Crippen LogP contribution is 2.28. The maximum atomic E-state index is 14.2. The first-order chi connectivity index (χ1) is 12.9. The van der Waals surface area contributed by atoms with Crippen molar-refractivity contribution in [2.24, 2.45) is 0 Å². The summed E-state index contributed by atoms with van der Waals surface area (Å²) in [4.78, 5) is 12.4. The molecule has 0 bridgehead atoms. The molecule has 0 saturated heterocycles. The van der Waals surface area contributed by atoms with E-state index in [0.29, 0.717) is 10.2 Å². The van der Waals surface area contributed by atoms with Gasteiger partial charge in [0, 0.05) is 4.47 Å². The van der Waals surface area contributed by atoms with E-state index in [1.165, 1.54) is 30.3 Å². The molecule has 0 saturated carbocycles. The lowest BCUT2D eigenvalue weighted by molar-refractivity contribution is 0.0978. The fourth-order valence-corrected chi connectivity index (χ4v) is 3.83. The average molecular weight is 450 g/mol. The predicted molar refractivity (Wildman–Crippen MR) is 102 cm³/mol. The van der Waals surface area contributed by atoms with Crippen molar-refractivity contribution in [1.82, 2.24) is 4.72 Å². The third-order valence-electron chi connectivity index (χ3n) is 3.51. The average Bonchev–Trinajstić information content (AvgIpc) is 2.64. The molecule has 0 atom stereocenters. The molecular weight excluding hydrogens is 437 g/mol. The third-order valence-corrected chi connectivity index (χ3v) is 5.33. The molecule has 1 amide bonds. The summed E-state index contributed by atoms with van der Waals surface area (Å²) in [6.07, 6.45) is 0. The van der Waals surface area contributed by atoms with E-state index in [0.717, 1.165) is 6.07 Å². The second-order valence-electron chi connectivity index (χ2n) is 5.42. The summed E-state index contributed by atoms with van der Waals surface area (Å²) in [5, 5.41) is 0. The quantitative estimate of drug-likeness (QED) is 0.622. The fraction of sp³-hybridized carbons (Fsp3) is 0. The van der Waals surface area contributed by atoms with Crippen LogP contribution in [-0.4, -0.2) is 14.3 Å². The Kier molecular flexibility index (Phi) is 5.57. The van der Waals surface area contributed by atoms with Gasteiger partial charge in [0.05, 0.1) is 10.5 Å². The highest BCUT2D eigenvalue weighted by atomic mass is 79.9. The largest absolute Gasteiger partial charge is 0.453 e. The lowest BCUT2D eigenvalue weighted by atomic mass is 10.2. The smallest absolute Gasteiger partial charge is 0.268 e. The minimum absolute atomic E-state index is 0.104. The van der Waals surface area contributed by atoms with Crippen molar-refractivity contribution in [2.75, 3.05) is 0 Å². The van der Waals surface area contributed by atoms with Gasteiger partial charge in [-0.2, -0.15) is 0 Å². The van der Waals surface area contributed by atoms with Crippen molar-refractivity contribution in [3.8, 4) is 11.5 Å². The van der Waals surface area contributed by atoms with Crippen LogP contribution in [0.25, 0.3) is 0 Å². The molecule has 0 radical (unpaired) electrons. The third kappa shape index (κ3) is 4.53. The predicted octanol–water partition coefficient (Wildman–Crippen LogP) is 4.50. The number of carbonyl (C=O) groups excluding carboxylic acids is 1. The number of hydrogen-bond donors (Lipinski definition) is 1. The Balaban J connectivity index is 1.92. The van der Waals surface area contributed by atoms with Crippen LogP contribution in [0.3, 0.4) is 0 Å². The van der Waals surface area contributed by atoms with E-state index in [-0.39, 0.29) is 16.2 Å². The van der Waals surface area contributed by atoms with E-state index in [9.17, 15) is 17.6 Å². The molecule has 0 unspecified atom stereocenters. The first-order valence-electron chi connectivity index (χ1n) is 7.71. The molecule has 1 N–H and O–H groups in total. The van der Waals surface area contributed by atoms with E-state index in [2.05, 4.69) is 15.9 Å². The molecule has 5 nitrogen and oxygen atoms in total. The SMILES string of the molecule is O=C(NS(=O)(=O)c1cccc(Br)c1)c1cccc(F)c1Oc1ccccc1. The van der Waals surface area contributed by atoms with Gasteiger partial charge in [-0.3, -0.25) is 4.79 Å². The molecule has 3 aromatic rings. The van der Waals surface area contributed by atoms with Crippen LogP contribution in [0.15, 0.2) is 82.2 Å². The van der Waals surface area contributed by atoms with Crippen LogP contribution >= 0.6 is 15.9 Å². The van der Waals surface area contributed by atoms with Crippen molar-refractivity contribution in [2.45, 2.75) is 4.90 Å². The Hall–Kier alpha value is -2.71. The van der Waals surface area contributed by atoms with Gasteiger partial charge in [-0.1, -0.05) is 46.3 Å². The highest BCUT2D eigenvalue weighted by Gasteiger charge is 2.23. The lowest BCUT2D eigenvalue weighted by Gasteiger charge is -2.12. The van der Waals surface area contributed by atoms with E-state index in [1.54, 1.807) is 36.4 Å². The first-order valence-corrected chi connectivity index (χ1v) is 9.98. The molecular formula is C19H13BrFNO4S. The number of benzene rings is 3. The highest BCUT2D eigenvalue weighted by molar-refractivity contribution is 9.10. The number of para-hydroxylation sites is 2. The normalized spacial score (nSPS) is 11.0. The van der Waals surface area contributed by atoms with Crippen LogP contribution in [0.2, 0.25) is 0 Å². The zero-order chi connectivity index (χ0) is 19.4. The summed E-state index contributed by atoms with van der Waals surface area (Å²) in [5.74, 6) is -1.83. The van der Waals surface area contributed by atoms with Crippen LogP contribution in [0.5, 0.6) is 11.5 Å². The summed E-state index contributed by atoms with van der Waals surface area (Å²) in [5.41, 5.74) is -0.238. The molecule has 0 spiro atoms. The molecule has 138 valence electrons. The second-order valence-corrected chi connectivity index (χ2v) is 8.02. The van der Waals surface area contributed by atoms with Crippen LogP contribution in [-0.2, 0) is 10.0 Å². The number of hydrogen-bond acceptors (Lipinski definition) is 4. The molecule has 0 aliphatic rings. The second kappa shape index (κ2) is 7.89. The van der Waals surface area contributed by atoms with Gasteiger partial charge in [0.2, 0.25) is 0 Å². The number of rotatable bonds is 5. The Bertz CT molecular complexity index is 1090. The van der Waals surface area contributed by atoms with Gasteiger partial charge in [0.25, 0.3) is 15.9 Å². The van der Waals surface area contributed by atoms with E-state index < -0.39 is 21.7 Å². The van der Waals surface area contributed by atoms with Crippen molar-refractivity contribution in [3.05, 3.63) is 88.6 Å². The van der Waals surface area contributed by atoms with Crippen LogP contribution in [0, 0.1) is 5.82 Å². The van der Waals surface area contributed by atoms with E-state index in [1.807, 2.05) is 4.72 Å². The Morgan fingerprint density at radius 3 is 2.37 bits per heavy atom. The molecule has 0 heterocycles. The lowest BCUT2D eigenvalue weighted by Crippen LogP contribution is -2.31. The Morgan fingerprint density at radius 1 is 0.963 bits per heavy atom. The fourth-order valence-electron chi connectivity index (χ4n) is 2.27. The van der Waals surface area contributed by atoms with Crippen LogP contribution < -0.4 is 9.46 Å². The van der Waals surface area contributed by atoms with Crippen molar-refractivity contribution in [3.63, 3.8) is 0 Å². The minimum atomic E-state index is -4.14. The molecule has 0 aromatic heterocycles. The van der Waals surface area contributed by atoms with Gasteiger partial charge in [-0.25, -0.2) is 17.5 Å². The molecule has 3 rings (SSSR count). The summed E-state index contributed by atoms with van der Waals surface area (Å²) < 4.78 is 47.1. The number of ether oxygens (including phenoxy) is 1. The molecule has 27 heavy (non-hydrogen) atoms. The molecule has 0 fully saturated rings. The summed E-state index contributed by atoms with van der Waals surface area (Å²) in [6.45, 7) is 0. The van der Waals surface area contributed by atoms with Gasteiger partial charge in [0.1, 0.15) is 5.75 Å². The number of amides is 1. The zero-order valence-corrected chi connectivity index (χ0v) is 16.1. The summed E-state index contributed by atoms with van der Waals surface area (Å²) in [6, 6.07) is 17.9. The Labute approximate surface area is 164 Å². The summed E-state index contributed by atoms with van der Waals surface area (Å²) >= 11 is 3.18. The molecule has 3 aromatic carbocycles. The van der Waals surface area contributed by atoms with Crippen molar-refractivity contribution in [1.29, 1.82) is 0 Å². The standard InChI is InChI=1S/C19H13BrFNO4S/c20-13-6-4-9-15(12-13)27(24,25)22-19(23)16-10-5-11-17(21)18(16)26-14-7-2-1-3-8-14/h1-12H,(H,22,23). The number of nitrogens with one attached hydrogen (secondary N) is 1. The van der Waals surface area contributed by atoms with Gasteiger partial charge >= 0.3 is 0 Å². The van der Waals surface area contributed by atoms with Crippen LogP contribution in [0.4, 0.5) is 4.39 Å². The van der Waals surface area contributed by atoms with Gasteiger partial charge in [0.15, 0.2) is 11.6 Å². The maximum absolute atomic E-state index is 14.2. The monoisotopic (exact) mass is 449 g/mol. The van der Waals surface area contributed by atoms with Crippen LogP contribution in [0.1, 0.15) is 10.4 Å². The maximum Gasteiger partial charge on any atom is 0.268 e. The zero-order valence-electron chi connectivity index (χ0n) is 13.7. The molecule has 8 heteroatoms. The minimum Gasteiger partial charge on any atom is -0.453 e. The summed E-state index contributed by atoms with van der Waals surface area (Å²) in [7, 11) is -4.14. The molecule has 0 aliphatic carbocycles. The van der Waals surface area contributed by atoms with Crippen molar-refractivity contribution < 1.29 is 22.3 Å². The first kappa shape index (κ1) is 19.1. The number of halogens is 2.